The molecule has 0 fully saturated rings. The molecule has 108 valence electrons. The van der Waals surface area contributed by atoms with E-state index in [9.17, 15) is 19.7 Å². The molecule has 1 heterocycles. The number of rotatable bonds is 4. The molecule has 0 aliphatic carbocycles. The summed E-state index contributed by atoms with van der Waals surface area (Å²) in [6.45, 7) is 0. The zero-order valence-electron chi connectivity index (χ0n) is 10.8. The Morgan fingerprint density at radius 3 is 2.81 bits per heavy atom. The van der Waals surface area contributed by atoms with E-state index < -0.39 is 16.4 Å². The Balaban J connectivity index is 2.33. The zero-order chi connectivity index (χ0) is 15.4. The Labute approximate surface area is 117 Å². The van der Waals surface area contributed by atoms with Gasteiger partial charge in [0.15, 0.2) is 0 Å². The lowest BCUT2D eigenvalue weighted by Crippen LogP contribution is -2.18. The fourth-order valence-electron chi connectivity index (χ4n) is 1.59. The van der Waals surface area contributed by atoms with Crippen molar-refractivity contribution in [2.45, 2.75) is 0 Å². The number of benzene rings is 1. The fraction of sp³-hybridized carbons (Fsp3) is 0.0833. The summed E-state index contributed by atoms with van der Waals surface area (Å²) in [6.07, 6.45) is 1.09. The van der Waals surface area contributed by atoms with Crippen molar-refractivity contribution in [1.82, 2.24) is 9.97 Å². The molecular weight excluding hydrogens is 280 g/mol. The van der Waals surface area contributed by atoms with Gasteiger partial charge in [-0.3, -0.25) is 19.7 Å². The lowest BCUT2D eigenvalue weighted by molar-refractivity contribution is -0.384. The molecule has 0 aliphatic rings. The predicted octanol–water partition coefficient (Wildman–Crippen LogP) is 0.939. The minimum Gasteiger partial charge on any atom is -0.495 e. The molecule has 0 saturated carbocycles. The third-order valence-corrected chi connectivity index (χ3v) is 2.55. The van der Waals surface area contributed by atoms with Crippen LogP contribution in [0.25, 0.3) is 0 Å². The van der Waals surface area contributed by atoms with Crippen LogP contribution < -0.4 is 15.6 Å². The van der Waals surface area contributed by atoms with Crippen molar-refractivity contribution in [2.24, 2.45) is 0 Å². The number of nitro groups is 1. The van der Waals surface area contributed by atoms with Gasteiger partial charge in [0.05, 0.1) is 24.0 Å². The monoisotopic (exact) mass is 290 g/mol. The molecule has 0 aliphatic heterocycles. The van der Waals surface area contributed by atoms with Gasteiger partial charge in [-0.2, -0.15) is 0 Å². The maximum atomic E-state index is 12.0. The Kier molecular flexibility index (Phi) is 3.93. The van der Waals surface area contributed by atoms with Crippen molar-refractivity contribution in [3.8, 4) is 5.75 Å². The molecule has 0 radical (unpaired) electrons. The summed E-state index contributed by atoms with van der Waals surface area (Å²) in [5.41, 5.74) is -0.697. The highest BCUT2D eigenvalue weighted by Gasteiger charge is 2.15. The average molecular weight is 290 g/mol. The van der Waals surface area contributed by atoms with Gasteiger partial charge in [0.2, 0.25) is 0 Å². The standard InChI is InChI=1S/C12H10N4O5/c1-21-10-3-2-7(16(19)20)4-8(10)15-12(18)9-5-11(17)14-6-13-9/h2-6H,1H3,(H,15,18)(H,13,14,17). The number of ether oxygens (including phenoxy) is 1. The Bertz CT molecular complexity index is 755. The summed E-state index contributed by atoms with van der Waals surface area (Å²) in [5, 5.41) is 13.2. The van der Waals surface area contributed by atoms with Gasteiger partial charge in [0.25, 0.3) is 17.2 Å². The molecule has 0 spiro atoms. The number of carbonyl (C=O) groups is 1. The van der Waals surface area contributed by atoms with Crippen LogP contribution >= 0.6 is 0 Å². The van der Waals surface area contributed by atoms with Crippen LogP contribution in [0.2, 0.25) is 0 Å². The topological polar surface area (TPSA) is 127 Å². The number of non-ortho nitro benzene ring substituents is 1. The molecule has 1 aromatic carbocycles. The SMILES string of the molecule is COc1ccc([N+](=O)[O-])cc1NC(=O)c1cc(=O)[nH]cn1. The molecule has 0 unspecified atom stereocenters. The summed E-state index contributed by atoms with van der Waals surface area (Å²) in [7, 11) is 1.36. The average Bonchev–Trinajstić information content (AvgIpc) is 2.47. The molecule has 0 bridgehead atoms. The van der Waals surface area contributed by atoms with E-state index in [0.717, 1.165) is 18.5 Å². The van der Waals surface area contributed by atoms with Crippen LogP contribution in [0.1, 0.15) is 10.5 Å². The Morgan fingerprint density at radius 2 is 2.19 bits per heavy atom. The van der Waals surface area contributed by atoms with Crippen molar-refractivity contribution in [1.29, 1.82) is 0 Å². The highest BCUT2D eigenvalue weighted by molar-refractivity contribution is 6.03. The van der Waals surface area contributed by atoms with Crippen molar-refractivity contribution in [2.75, 3.05) is 12.4 Å². The van der Waals surface area contributed by atoms with Crippen LogP contribution in [-0.2, 0) is 0 Å². The van der Waals surface area contributed by atoms with Gasteiger partial charge in [-0.1, -0.05) is 0 Å². The number of nitro benzene ring substituents is 1. The van der Waals surface area contributed by atoms with E-state index in [4.69, 9.17) is 4.74 Å². The maximum Gasteiger partial charge on any atom is 0.274 e. The molecular formula is C12H10N4O5. The van der Waals surface area contributed by atoms with Gasteiger partial charge in [0, 0.05) is 18.2 Å². The van der Waals surface area contributed by atoms with Gasteiger partial charge in [-0.05, 0) is 6.07 Å². The van der Waals surface area contributed by atoms with Crippen LogP contribution in [-0.4, -0.2) is 27.9 Å². The van der Waals surface area contributed by atoms with Crippen LogP contribution in [0, 0.1) is 10.1 Å². The lowest BCUT2D eigenvalue weighted by Gasteiger charge is -2.09. The lowest BCUT2D eigenvalue weighted by atomic mass is 10.2. The first-order chi connectivity index (χ1) is 10.0. The normalized spacial score (nSPS) is 9.95. The summed E-state index contributed by atoms with van der Waals surface area (Å²) < 4.78 is 5.01. The molecule has 0 saturated heterocycles. The molecule has 2 aromatic rings. The predicted molar refractivity (Wildman–Crippen MR) is 72.5 cm³/mol. The fourth-order valence-corrected chi connectivity index (χ4v) is 1.59. The first-order valence-corrected chi connectivity index (χ1v) is 5.70. The number of aromatic nitrogens is 2. The number of nitrogens with zero attached hydrogens (tertiary/aromatic N) is 2. The molecule has 0 atom stereocenters. The van der Waals surface area contributed by atoms with E-state index in [-0.39, 0.29) is 22.8 Å². The van der Waals surface area contributed by atoms with Crippen LogP contribution in [0.3, 0.4) is 0 Å². The number of aromatic amines is 1. The summed E-state index contributed by atoms with van der Waals surface area (Å²) in [5.74, 6) is -0.432. The quantitative estimate of drug-likeness (QED) is 0.637. The van der Waals surface area contributed by atoms with Gasteiger partial charge in [-0.15, -0.1) is 0 Å². The molecule has 1 aromatic heterocycles. The summed E-state index contributed by atoms with van der Waals surface area (Å²) in [6, 6.07) is 4.78. The number of H-pyrrole nitrogens is 1. The van der Waals surface area contributed by atoms with Crippen LogP contribution in [0.5, 0.6) is 5.75 Å². The van der Waals surface area contributed by atoms with E-state index in [1.165, 1.54) is 19.2 Å². The third kappa shape index (κ3) is 3.21. The van der Waals surface area contributed by atoms with E-state index in [2.05, 4.69) is 15.3 Å². The summed E-state index contributed by atoms with van der Waals surface area (Å²) >= 11 is 0. The first kappa shape index (κ1) is 14.2. The second kappa shape index (κ2) is 5.82. The van der Waals surface area contributed by atoms with E-state index in [1.807, 2.05) is 0 Å². The number of hydrogen-bond acceptors (Lipinski definition) is 6. The molecule has 2 N–H and O–H groups in total. The van der Waals surface area contributed by atoms with E-state index in [1.54, 1.807) is 0 Å². The highest BCUT2D eigenvalue weighted by Crippen LogP contribution is 2.29. The van der Waals surface area contributed by atoms with Crippen LogP contribution in [0.4, 0.5) is 11.4 Å². The Morgan fingerprint density at radius 1 is 1.43 bits per heavy atom. The number of hydrogen-bond donors (Lipinski definition) is 2. The van der Waals surface area contributed by atoms with Crippen LogP contribution in [0.15, 0.2) is 35.4 Å². The molecule has 1 amide bonds. The molecule has 2 rings (SSSR count). The second-order valence-electron chi connectivity index (χ2n) is 3.89. The van der Waals surface area contributed by atoms with Gasteiger partial charge in [0.1, 0.15) is 11.4 Å². The minimum atomic E-state index is -0.681. The third-order valence-electron chi connectivity index (χ3n) is 2.55. The van der Waals surface area contributed by atoms with E-state index >= 15 is 0 Å². The first-order valence-electron chi connectivity index (χ1n) is 5.70. The summed E-state index contributed by atoms with van der Waals surface area (Å²) in [4.78, 5) is 39.2. The van der Waals surface area contributed by atoms with Crippen molar-refractivity contribution in [3.63, 3.8) is 0 Å². The Hall–Kier alpha value is -3.23. The number of anilines is 1. The van der Waals surface area contributed by atoms with Gasteiger partial charge in [-0.25, -0.2) is 4.98 Å². The zero-order valence-corrected chi connectivity index (χ0v) is 10.8. The van der Waals surface area contributed by atoms with Gasteiger partial charge >= 0.3 is 0 Å². The minimum absolute atomic E-state index is 0.110. The smallest absolute Gasteiger partial charge is 0.274 e. The van der Waals surface area contributed by atoms with Crippen molar-refractivity contribution in [3.05, 3.63) is 56.8 Å². The number of carbonyl (C=O) groups excluding carboxylic acids is 1. The maximum absolute atomic E-state index is 12.0. The molecule has 9 heteroatoms. The van der Waals surface area contributed by atoms with Gasteiger partial charge < -0.3 is 15.0 Å². The van der Waals surface area contributed by atoms with E-state index in [0.29, 0.717) is 0 Å². The number of nitrogens with one attached hydrogen (secondary N) is 2. The molecule has 9 nitrogen and oxygen atoms in total. The second-order valence-corrected chi connectivity index (χ2v) is 3.89. The largest absolute Gasteiger partial charge is 0.495 e. The number of methoxy groups -OCH3 is 1. The highest BCUT2D eigenvalue weighted by atomic mass is 16.6. The molecule has 21 heavy (non-hydrogen) atoms. The number of amides is 1. The van der Waals surface area contributed by atoms with Crippen molar-refractivity contribution >= 4 is 17.3 Å². The van der Waals surface area contributed by atoms with Crippen molar-refractivity contribution < 1.29 is 14.5 Å².